The number of nitrogens with one attached hydrogen (secondary N) is 1. The molecule has 7 heteroatoms. The number of aliphatic hydroxyl groups is 1. The van der Waals surface area contributed by atoms with Crippen LogP contribution in [0.2, 0.25) is 0 Å². The molecule has 0 saturated carbocycles. The second kappa shape index (κ2) is 4.52. The van der Waals surface area contributed by atoms with E-state index in [2.05, 4.69) is 4.98 Å². The monoisotopic (exact) mass is 254 g/mol. The van der Waals surface area contributed by atoms with Crippen molar-refractivity contribution in [3.63, 3.8) is 0 Å². The maximum Gasteiger partial charge on any atom is 0.330 e. The van der Waals surface area contributed by atoms with Crippen LogP contribution in [0.4, 0.5) is 0 Å². The predicted molar refractivity (Wildman–Crippen MR) is 62.1 cm³/mol. The zero-order chi connectivity index (χ0) is 13.3. The molecule has 0 saturated heterocycles. The van der Waals surface area contributed by atoms with Gasteiger partial charge in [-0.3, -0.25) is 14.3 Å². The summed E-state index contributed by atoms with van der Waals surface area (Å²) in [6.07, 6.45) is 3.79. The van der Waals surface area contributed by atoms with E-state index in [1.54, 1.807) is 13.0 Å². The van der Waals surface area contributed by atoms with Gasteiger partial charge in [0.15, 0.2) is 6.23 Å². The predicted octanol–water partition coefficient (Wildman–Crippen LogP) is -0.735. The molecule has 0 radical (unpaired) electrons. The van der Waals surface area contributed by atoms with Crippen LogP contribution in [0.5, 0.6) is 0 Å². The summed E-state index contributed by atoms with van der Waals surface area (Å²) in [5.74, 6) is -1.24. The van der Waals surface area contributed by atoms with Crippen molar-refractivity contribution >= 4 is 0 Å². The number of aromatic amines is 1. The summed E-state index contributed by atoms with van der Waals surface area (Å²) in [6, 6.07) is 0. The molecular weight excluding hydrogens is 240 g/mol. The van der Waals surface area contributed by atoms with Gasteiger partial charge in [0, 0.05) is 18.9 Å². The zero-order valence-corrected chi connectivity index (χ0v) is 10.0. The lowest BCUT2D eigenvalue weighted by atomic mass is 10.3. The van der Waals surface area contributed by atoms with E-state index in [0.29, 0.717) is 5.56 Å². The Morgan fingerprint density at radius 1 is 1.61 bits per heavy atom. The Labute approximate surface area is 102 Å². The van der Waals surface area contributed by atoms with Gasteiger partial charge in [0.05, 0.1) is 0 Å². The average molecular weight is 254 g/mol. The fourth-order valence-corrected chi connectivity index (χ4v) is 1.71. The summed E-state index contributed by atoms with van der Waals surface area (Å²) in [4.78, 5) is 25.1. The standard InChI is InChI=1S/C11H14N2O5/c1-7-5-13(10(16)12-9(7)15)8-3-4-11(6-14,17-2)18-8/h3-5,8,14H,6H2,1-2H3,(H,12,15,16)/t8-,11+/m1/s1. The third-order valence-corrected chi connectivity index (χ3v) is 2.82. The Morgan fingerprint density at radius 3 is 2.89 bits per heavy atom. The maximum absolute atomic E-state index is 11.7. The van der Waals surface area contributed by atoms with Crippen molar-refractivity contribution in [2.75, 3.05) is 13.7 Å². The molecule has 0 aliphatic carbocycles. The van der Waals surface area contributed by atoms with Crippen LogP contribution in [0.1, 0.15) is 11.8 Å². The Balaban J connectivity index is 2.37. The van der Waals surface area contributed by atoms with Crippen molar-refractivity contribution < 1.29 is 14.6 Å². The van der Waals surface area contributed by atoms with Crippen LogP contribution in [0.15, 0.2) is 27.9 Å². The first-order valence-corrected chi connectivity index (χ1v) is 5.36. The number of rotatable bonds is 3. The van der Waals surface area contributed by atoms with Gasteiger partial charge in [-0.2, -0.15) is 0 Å². The van der Waals surface area contributed by atoms with E-state index in [1.165, 1.54) is 23.9 Å². The molecule has 1 aromatic rings. The average Bonchev–Trinajstić information content (AvgIpc) is 2.79. The number of hydrogen-bond donors (Lipinski definition) is 2. The summed E-state index contributed by atoms with van der Waals surface area (Å²) >= 11 is 0. The molecule has 1 aliphatic heterocycles. The lowest BCUT2D eigenvalue weighted by molar-refractivity contribution is -0.225. The van der Waals surface area contributed by atoms with E-state index in [4.69, 9.17) is 9.47 Å². The Morgan fingerprint density at radius 2 is 2.33 bits per heavy atom. The van der Waals surface area contributed by atoms with Gasteiger partial charge in [-0.25, -0.2) is 4.79 Å². The highest BCUT2D eigenvalue weighted by Crippen LogP contribution is 2.28. The maximum atomic E-state index is 11.7. The van der Waals surface area contributed by atoms with E-state index in [9.17, 15) is 14.7 Å². The van der Waals surface area contributed by atoms with E-state index >= 15 is 0 Å². The number of H-pyrrole nitrogens is 1. The molecule has 2 rings (SSSR count). The Hall–Kier alpha value is -1.70. The molecule has 1 aromatic heterocycles. The quantitative estimate of drug-likeness (QED) is 0.693. The molecule has 2 N–H and O–H groups in total. The van der Waals surface area contributed by atoms with E-state index < -0.39 is 23.3 Å². The molecule has 1 aliphatic rings. The highest BCUT2D eigenvalue weighted by molar-refractivity contribution is 5.09. The summed E-state index contributed by atoms with van der Waals surface area (Å²) in [5, 5.41) is 9.20. The first-order valence-electron chi connectivity index (χ1n) is 5.36. The topological polar surface area (TPSA) is 93.5 Å². The van der Waals surface area contributed by atoms with Crippen molar-refractivity contribution in [1.82, 2.24) is 9.55 Å². The molecule has 0 fully saturated rings. The number of nitrogens with zero attached hydrogens (tertiary/aromatic N) is 1. The number of aryl methyl sites for hydroxylation is 1. The van der Waals surface area contributed by atoms with Crippen molar-refractivity contribution in [3.8, 4) is 0 Å². The van der Waals surface area contributed by atoms with Crippen LogP contribution in [-0.2, 0) is 9.47 Å². The van der Waals surface area contributed by atoms with Crippen molar-refractivity contribution in [2.45, 2.75) is 18.9 Å². The van der Waals surface area contributed by atoms with Gasteiger partial charge in [-0.05, 0) is 19.1 Å². The van der Waals surface area contributed by atoms with Crippen molar-refractivity contribution in [1.29, 1.82) is 0 Å². The molecule has 2 heterocycles. The first-order chi connectivity index (χ1) is 8.51. The smallest absolute Gasteiger partial charge is 0.330 e. The fraction of sp³-hybridized carbons (Fsp3) is 0.455. The van der Waals surface area contributed by atoms with Gasteiger partial charge in [-0.1, -0.05) is 0 Å². The summed E-state index contributed by atoms with van der Waals surface area (Å²) < 4.78 is 11.7. The zero-order valence-electron chi connectivity index (χ0n) is 10.0. The number of methoxy groups -OCH3 is 1. The van der Waals surface area contributed by atoms with Crippen LogP contribution < -0.4 is 11.2 Å². The van der Waals surface area contributed by atoms with Crippen LogP contribution in [-0.4, -0.2) is 34.2 Å². The molecule has 0 unspecified atom stereocenters. The molecule has 0 bridgehead atoms. The normalized spacial score (nSPS) is 26.7. The minimum Gasteiger partial charge on any atom is -0.390 e. The molecular formula is C11H14N2O5. The van der Waals surface area contributed by atoms with Gasteiger partial charge in [0.2, 0.25) is 5.79 Å². The number of hydrogen-bond acceptors (Lipinski definition) is 5. The molecule has 0 amide bonds. The lowest BCUT2D eigenvalue weighted by Gasteiger charge is -2.25. The number of aromatic nitrogens is 2. The first kappa shape index (κ1) is 12.7. The van der Waals surface area contributed by atoms with Gasteiger partial charge in [0.25, 0.3) is 5.56 Å². The second-order valence-electron chi connectivity index (χ2n) is 4.02. The summed E-state index contributed by atoms with van der Waals surface area (Å²) in [6.45, 7) is 1.22. The molecule has 18 heavy (non-hydrogen) atoms. The summed E-state index contributed by atoms with van der Waals surface area (Å²) in [7, 11) is 1.39. The molecule has 98 valence electrons. The van der Waals surface area contributed by atoms with Crippen molar-refractivity contribution in [3.05, 3.63) is 44.8 Å². The lowest BCUT2D eigenvalue weighted by Crippen LogP contribution is -2.38. The van der Waals surface area contributed by atoms with E-state index in [0.717, 1.165) is 0 Å². The summed E-state index contributed by atoms with van der Waals surface area (Å²) in [5.41, 5.74) is -0.617. The minimum atomic E-state index is -1.24. The van der Waals surface area contributed by atoms with Crippen LogP contribution in [0.3, 0.4) is 0 Å². The highest BCUT2D eigenvalue weighted by Gasteiger charge is 2.36. The highest BCUT2D eigenvalue weighted by atomic mass is 16.7. The van der Waals surface area contributed by atoms with Gasteiger partial charge in [0.1, 0.15) is 6.61 Å². The number of aliphatic hydroxyl groups excluding tert-OH is 1. The van der Waals surface area contributed by atoms with Crippen LogP contribution in [0.25, 0.3) is 0 Å². The van der Waals surface area contributed by atoms with E-state index in [1.807, 2.05) is 0 Å². The number of ether oxygens (including phenoxy) is 2. The molecule has 7 nitrogen and oxygen atoms in total. The van der Waals surface area contributed by atoms with Crippen LogP contribution >= 0.6 is 0 Å². The van der Waals surface area contributed by atoms with Crippen molar-refractivity contribution in [2.24, 2.45) is 0 Å². The SMILES string of the molecule is CO[C@@]1(CO)C=C[C@H](n2cc(C)c(=O)[nH]c2=O)O1. The van der Waals surface area contributed by atoms with Crippen LogP contribution in [0, 0.1) is 6.92 Å². The van der Waals surface area contributed by atoms with Gasteiger partial charge in [-0.15, -0.1) is 0 Å². The molecule has 0 aromatic carbocycles. The fourth-order valence-electron chi connectivity index (χ4n) is 1.71. The third-order valence-electron chi connectivity index (χ3n) is 2.82. The minimum absolute atomic E-state index is 0.367. The molecule has 0 spiro atoms. The van der Waals surface area contributed by atoms with Gasteiger partial charge >= 0.3 is 5.69 Å². The largest absolute Gasteiger partial charge is 0.390 e. The Kier molecular flexibility index (Phi) is 3.20. The molecule has 2 atom stereocenters. The third kappa shape index (κ3) is 2.03. The Bertz CT molecular complexity index is 582. The van der Waals surface area contributed by atoms with E-state index in [-0.39, 0.29) is 6.61 Å². The van der Waals surface area contributed by atoms with Gasteiger partial charge < -0.3 is 14.6 Å². The second-order valence-corrected chi connectivity index (χ2v) is 4.02.